The zero-order valence-corrected chi connectivity index (χ0v) is 16.3. The van der Waals surface area contributed by atoms with Gasteiger partial charge in [0.15, 0.2) is 11.5 Å². The Morgan fingerprint density at radius 1 is 0.929 bits per heavy atom. The number of likely N-dealkylation sites (N-methyl/N-ethyl adjacent to an activating group) is 1. The lowest BCUT2D eigenvalue weighted by Gasteiger charge is -2.35. The van der Waals surface area contributed by atoms with Crippen molar-refractivity contribution in [3.63, 3.8) is 0 Å². The molecule has 0 saturated carbocycles. The molecule has 1 saturated heterocycles. The Labute approximate surface area is 166 Å². The highest BCUT2D eigenvalue weighted by molar-refractivity contribution is 5.78. The lowest BCUT2D eigenvalue weighted by atomic mass is 10.2. The topological polar surface area (TPSA) is 45.3 Å². The van der Waals surface area contributed by atoms with Crippen molar-refractivity contribution in [1.82, 2.24) is 14.7 Å². The average Bonchev–Trinajstić information content (AvgIpc) is 3.18. The second-order valence-corrected chi connectivity index (χ2v) is 7.48. The summed E-state index contributed by atoms with van der Waals surface area (Å²) in [5, 5.41) is 0. The van der Waals surface area contributed by atoms with Crippen LogP contribution in [0.25, 0.3) is 0 Å². The Morgan fingerprint density at radius 3 is 2.43 bits per heavy atom. The molecule has 0 spiro atoms. The van der Waals surface area contributed by atoms with Gasteiger partial charge in [-0.15, -0.1) is 0 Å². The number of ether oxygens (including phenoxy) is 2. The molecule has 6 heteroatoms. The van der Waals surface area contributed by atoms with Gasteiger partial charge in [0.2, 0.25) is 12.7 Å². The molecule has 1 fully saturated rings. The molecule has 0 N–H and O–H groups in total. The highest BCUT2D eigenvalue weighted by Gasteiger charge is 2.21. The number of fused-ring (bicyclic) bond motifs is 1. The van der Waals surface area contributed by atoms with Gasteiger partial charge < -0.3 is 14.4 Å². The van der Waals surface area contributed by atoms with E-state index < -0.39 is 0 Å². The van der Waals surface area contributed by atoms with E-state index in [0.717, 1.165) is 49.8 Å². The summed E-state index contributed by atoms with van der Waals surface area (Å²) in [5.74, 6) is 1.67. The van der Waals surface area contributed by atoms with Crippen LogP contribution in [-0.4, -0.2) is 67.2 Å². The van der Waals surface area contributed by atoms with Gasteiger partial charge in [-0.3, -0.25) is 14.6 Å². The van der Waals surface area contributed by atoms with Gasteiger partial charge in [0.25, 0.3) is 0 Å². The van der Waals surface area contributed by atoms with E-state index in [4.69, 9.17) is 9.47 Å². The first-order valence-electron chi connectivity index (χ1n) is 9.78. The summed E-state index contributed by atoms with van der Waals surface area (Å²) in [4.78, 5) is 19.1. The second-order valence-electron chi connectivity index (χ2n) is 7.48. The van der Waals surface area contributed by atoms with Gasteiger partial charge in [-0.25, -0.2) is 0 Å². The van der Waals surface area contributed by atoms with Crippen molar-refractivity contribution in [2.75, 3.05) is 46.6 Å². The number of hydrogen-bond acceptors (Lipinski definition) is 5. The highest BCUT2D eigenvalue weighted by atomic mass is 16.7. The van der Waals surface area contributed by atoms with Gasteiger partial charge in [0.1, 0.15) is 0 Å². The van der Waals surface area contributed by atoms with Gasteiger partial charge in [-0.1, -0.05) is 36.4 Å². The normalized spacial score (nSPS) is 16.9. The van der Waals surface area contributed by atoms with E-state index >= 15 is 0 Å². The molecule has 2 heterocycles. The monoisotopic (exact) mass is 381 g/mol. The maximum absolute atomic E-state index is 12.6. The van der Waals surface area contributed by atoms with E-state index in [2.05, 4.69) is 34.1 Å². The molecule has 2 aliphatic rings. The van der Waals surface area contributed by atoms with Crippen molar-refractivity contribution in [2.45, 2.75) is 13.1 Å². The quantitative estimate of drug-likeness (QED) is 0.768. The third-order valence-electron chi connectivity index (χ3n) is 5.36. The number of amides is 1. The predicted octanol–water partition coefficient (Wildman–Crippen LogP) is 2.19. The standard InChI is InChI=1S/C22H27N3O3/c1-23(14-19-7-8-20-21(13-19)28-17-27-20)22(26)16-25-11-9-24(10-12-25)15-18-5-3-2-4-6-18/h2-8,13H,9-12,14-17H2,1H3. The van der Waals surface area contributed by atoms with Crippen LogP contribution in [0.5, 0.6) is 11.5 Å². The van der Waals surface area contributed by atoms with Crippen LogP contribution >= 0.6 is 0 Å². The molecule has 4 rings (SSSR count). The van der Waals surface area contributed by atoms with Gasteiger partial charge in [0, 0.05) is 46.3 Å². The molecular formula is C22H27N3O3. The minimum absolute atomic E-state index is 0.147. The molecule has 6 nitrogen and oxygen atoms in total. The van der Waals surface area contributed by atoms with Crippen LogP contribution in [0.4, 0.5) is 0 Å². The minimum atomic E-state index is 0.147. The summed E-state index contributed by atoms with van der Waals surface area (Å²) in [5.41, 5.74) is 2.39. The van der Waals surface area contributed by atoms with Crippen molar-refractivity contribution >= 4 is 5.91 Å². The molecule has 2 aliphatic heterocycles. The summed E-state index contributed by atoms with van der Waals surface area (Å²) in [6.45, 7) is 6.13. The number of nitrogens with zero attached hydrogens (tertiary/aromatic N) is 3. The minimum Gasteiger partial charge on any atom is -0.454 e. The molecule has 0 radical (unpaired) electrons. The van der Waals surface area contributed by atoms with Crippen LogP contribution in [0.2, 0.25) is 0 Å². The van der Waals surface area contributed by atoms with E-state index in [1.807, 2.05) is 31.3 Å². The summed E-state index contributed by atoms with van der Waals surface area (Å²) in [7, 11) is 1.86. The fourth-order valence-electron chi connectivity index (χ4n) is 3.66. The SMILES string of the molecule is CN(Cc1ccc2c(c1)OCO2)C(=O)CN1CCN(Cc2ccccc2)CC1. The fourth-order valence-corrected chi connectivity index (χ4v) is 3.66. The van der Waals surface area contributed by atoms with Crippen molar-refractivity contribution in [1.29, 1.82) is 0 Å². The van der Waals surface area contributed by atoms with Crippen LogP contribution in [-0.2, 0) is 17.9 Å². The first kappa shape index (κ1) is 18.8. The van der Waals surface area contributed by atoms with E-state index in [1.165, 1.54) is 5.56 Å². The Balaban J connectivity index is 1.23. The summed E-state index contributed by atoms with van der Waals surface area (Å²) in [6.07, 6.45) is 0. The summed E-state index contributed by atoms with van der Waals surface area (Å²) in [6, 6.07) is 16.4. The number of hydrogen-bond donors (Lipinski definition) is 0. The summed E-state index contributed by atoms with van der Waals surface area (Å²) >= 11 is 0. The van der Waals surface area contributed by atoms with Crippen LogP contribution < -0.4 is 9.47 Å². The molecule has 148 valence electrons. The number of rotatable bonds is 6. The Kier molecular flexibility index (Phi) is 5.78. The molecule has 2 aromatic rings. The molecule has 0 bridgehead atoms. The lowest BCUT2D eigenvalue weighted by Crippen LogP contribution is -2.49. The van der Waals surface area contributed by atoms with Crippen LogP contribution in [0.15, 0.2) is 48.5 Å². The zero-order valence-electron chi connectivity index (χ0n) is 16.3. The third-order valence-corrected chi connectivity index (χ3v) is 5.36. The number of carbonyl (C=O) groups is 1. The first-order valence-corrected chi connectivity index (χ1v) is 9.78. The van der Waals surface area contributed by atoms with Crippen molar-refractivity contribution in [3.05, 3.63) is 59.7 Å². The molecule has 2 aromatic carbocycles. The lowest BCUT2D eigenvalue weighted by molar-refractivity contribution is -0.132. The van der Waals surface area contributed by atoms with Crippen LogP contribution in [0.3, 0.4) is 0 Å². The Bertz CT molecular complexity index is 804. The molecule has 28 heavy (non-hydrogen) atoms. The van der Waals surface area contributed by atoms with E-state index in [-0.39, 0.29) is 12.7 Å². The van der Waals surface area contributed by atoms with Crippen LogP contribution in [0, 0.1) is 0 Å². The molecule has 0 unspecified atom stereocenters. The smallest absolute Gasteiger partial charge is 0.236 e. The maximum Gasteiger partial charge on any atom is 0.236 e. The highest BCUT2D eigenvalue weighted by Crippen LogP contribution is 2.32. The van der Waals surface area contributed by atoms with Gasteiger partial charge in [-0.05, 0) is 23.3 Å². The largest absolute Gasteiger partial charge is 0.454 e. The first-order chi connectivity index (χ1) is 13.7. The Hall–Kier alpha value is -2.57. The second kappa shape index (κ2) is 8.63. The molecular weight excluding hydrogens is 354 g/mol. The average molecular weight is 381 g/mol. The van der Waals surface area contributed by atoms with Gasteiger partial charge in [-0.2, -0.15) is 0 Å². The number of carbonyl (C=O) groups excluding carboxylic acids is 1. The van der Waals surface area contributed by atoms with Crippen molar-refractivity contribution in [3.8, 4) is 11.5 Å². The fraction of sp³-hybridized carbons (Fsp3) is 0.409. The van der Waals surface area contributed by atoms with Crippen LogP contribution in [0.1, 0.15) is 11.1 Å². The maximum atomic E-state index is 12.6. The van der Waals surface area contributed by atoms with E-state index in [1.54, 1.807) is 4.90 Å². The van der Waals surface area contributed by atoms with Gasteiger partial charge >= 0.3 is 0 Å². The Morgan fingerprint density at radius 2 is 1.64 bits per heavy atom. The van der Waals surface area contributed by atoms with Gasteiger partial charge in [0.05, 0.1) is 6.54 Å². The molecule has 0 atom stereocenters. The molecule has 0 aromatic heterocycles. The van der Waals surface area contributed by atoms with E-state index in [9.17, 15) is 4.79 Å². The third kappa shape index (κ3) is 4.64. The van der Waals surface area contributed by atoms with Crippen molar-refractivity contribution < 1.29 is 14.3 Å². The molecule has 1 amide bonds. The predicted molar refractivity (Wildman–Crippen MR) is 107 cm³/mol. The number of piperazine rings is 1. The van der Waals surface area contributed by atoms with Crippen molar-refractivity contribution in [2.24, 2.45) is 0 Å². The van der Waals surface area contributed by atoms with E-state index in [0.29, 0.717) is 13.1 Å². The zero-order chi connectivity index (χ0) is 19.3. The summed E-state index contributed by atoms with van der Waals surface area (Å²) < 4.78 is 10.8. The molecule has 0 aliphatic carbocycles. The number of benzene rings is 2.